The number of amides is 1. The molecule has 1 aliphatic carbocycles. The molecule has 116 valence electrons. The average molecular weight is 302 g/mol. The van der Waals surface area contributed by atoms with E-state index < -0.39 is 6.36 Å². The van der Waals surface area contributed by atoms with Gasteiger partial charge in [-0.25, -0.2) is 0 Å². The predicted molar refractivity (Wildman–Crippen MR) is 70.6 cm³/mol. The molecule has 4 nitrogen and oxygen atoms in total. The summed E-state index contributed by atoms with van der Waals surface area (Å²) in [6.45, 7) is 1.48. The molecule has 0 radical (unpaired) electrons. The third-order valence-electron chi connectivity index (χ3n) is 3.01. The van der Waals surface area contributed by atoms with E-state index in [9.17, 15) is 18.0 Å². The predicted octanol–water partition coefficient (Wildman–Crippen LogP) is 2.20. The van der Waals surface area contributed by atoms with E-state index in [1.807, 2.05) is 0 Å². The molecule has 2 N–H and O–H groups in total. The minimum Gasteiger partial charge on any atom is -0.406 e. The van der Waals surface area contributed by atoms with Crippen LogP contribution in [0.3, 0.4) is 0 Å². The van der Waals surface area contributed by atoms with Gasteiger partial charge in [0.2, 0.25) is 5.91 Å². The van der Waals surface area contributed by atoms with Gasteiger partial charge in [-0.3, -0.25) is 4.79 Å². The molecular weight excluding hydrogens is 285 g/mol. The summed E-state index contributed by atoms with van der Waals surface area (Å²) in [5.41, 5.74) is 0.685. The van der Waals surface area contributed by atoms with Gasteiger partial charge in [-0.1, -0.05) is 12.1 Å². The Kier molecular flexibility index (Phi) is 5.06. The highest BCUT2D eigenvalue weighted by Crippen LogP contribution is 2.28. The molecule has 1 aromatic carbocycles. The fourth-order valence-electron chi connectivity index (χ4n) is 1.85. The van der Waals surface area contributed by atoms with Crippen molar-refractivity contribution >= 4 is 5.91 Å². The maximum absolute atomic E-state index is 12.1. The number of nitrogens with one attached hydrogen (secondary N) is 2. The first-order valence-corrected chi connectivity index (χ1v) is 6.77. The van der Waals surface area contributed by atoms with E-state index >= 15 is 0 Å². The van der Waals surface area contributed by atoms with E-state index in [0.29, 0.717) is 25.2 Å². The lowest BCUT2D eigenvalue weighted by molar-refractivity contribution is -0.274. The molecule has 0 bridgehead atoms. The third-order valence-corrected chi connectivity index (χ3v) is 3.01. The van der Waals surface area contributed by atoms with Crippen molar-refractivity contribution in [3.63, 3.8) is 0 Å². The fraction of sp³-hybridized carbons (Fsp3) is 0.500. The maximum atomic E-state index is 12.1. The Bertz CT molecular complexity index is 487. The number of ether oxygens (including phenoxy) is 1. The second-order valence-electron chi connectivity index (χ2n) is 4.94. The molecule has 2 rings (SSSR count). The highest BCUT2D eigenvalue weighted by Gasteiger charge is 2.31. The van der Waals surface area contributed by atoms with Crippen LogP contribution in [-0.2, 0) is 11.3 Å². The van der Waals surface area contributed by atoms with Gasteiger partial charge in [0.05, 0.1) is 0 Å². The van der Waals surface area contributed by atoms with Gasteiger partial charge in [-0.05, 0) is 30.5 Å². The van der Waals surface area contributed by atoms with E-state index in [0.717, 1.165) is 12.8 Å². The molecule has 1 fully saturated rings. The molecule has 21 heavy (non-hydrogen) atoms. The number of benzene rings is 1. The Hall–Kier alpha value is -1.76. The zero-order valence-corrected chi connectivity index (χ0v) is 11.4. The average Bonchev–Trinajstić information content (AvgIpc) is 3.20. The van der Waals surface area contributed by atoms with Crippen LogP contribution in [0.25, 0.3) is 0 Å². The lowest BCUT2D eigenvalue weighted by atomic mass is 10.2. The summed E-state index contributed by atoms with van der Waals surface area (Å²) in [5, 5.41) is 5.85. The molecule has 0 unspecified atom stereocenters. The van der Waals surface area contributed by atoms with Crippen molar-refractivity contribution in [1.82, 2.24) is 10.6 Å². The van der Waals surface area contributed by atoms with Gasteiger partial charge in [0.25, 0.3) is 0 Å². The first kappa shape index (κ1) is 15.6. The highest BCUT2D eigenvalue weighted by molar-refractivity contribution is 5.80. The summed E-state index contributed by atoms with van der Waals surface area (Å²) >= 11 is 0. The normalized spacial score (nSPS) is 14.8. The van der Waals surface area contributed by atoms with Crippen molar-refractivity contribution in [2.75, 3.05) is 13.1 Å². The maximum Gasteiger partial charge on any atom is 0.573 e. The van der Waals surface area contributed by atoms with Gasteiger partial charge in [-0.2, -0.15) is 0 Å². The van der Waals surface area contributed by atoms with Crippen LogP contribution < -0.4 is 15.4 Å². The van der Waals surface area contributed by atoms with Crippen molar-refractivity contribution in [3.05, 3.63) is 29.8 Å². The standard InChI is InChI=1S/C14H17F3N2O2/c15-14(16,17)21-12-3-1-2-10(8-12)9-18-6-7-19-13(20)11-4-5-11/h1-3,8,11,18H,4-7,9H2,(H,19,20). The summed E-state index contributed by atoms with van der Waals surface area (Å²) in [4.78, 5) is 11.4. The van der Waals surface area contributed by atoms with Crippen LogP contribution in [0.4, 0.5) is 13.2 Å². The Morgan fingerprint density at radius 2 is 2.05 bits per heavy atom. The molecular formula is C14H17F3N2O2. The second kappa shape index (κ2) is 6.80. The number of rotatable bonds is 7. The van der Waals surface area contributed by atoms with Crippen molar-refractivity contribution in [1.29, 1.82) is 0 Å². The monoisotopic (exact) mass is 302 g/mol. The van der Waals surface area contributed by atoms with E-state index in [1.54, 1.807) is 6.07 Å². The van der Waals surface area contributed by atoms with Crippen molar-refractivity contribution in [2.45, 2.75) is 25.7 Å². The minimum absolute atomic E-state index is 0.0809. The number of alkyl halides is 3. The third kappa shape index (κ3) is 6.03. The molecule has 7 heteroatoms. The Balaban J connectivity index is 1.67. The molecule has 1 saturated carbocycles. The van der Waals surface area contributed by atoms with Gasteiger partial charge in [0, 0.05) is 25.6 Å². The van der Waals surface area contributed by atoms with Gasteiger partial charge in [0.15, 0.2) is 0 Å². The van der Waals surface area contributed by atoms with Crippen LogP contribution in [0.15, 0.2) is 24.3 Å². The number of halogens is 3. The zero-order valence-electron chi connectivity index (χ0n) is 11.4. The number of hydrogen-bond acceptors (Lipinski definition) is 3. The van der Waals surface area contributed by atoms with E-state index in [-0.39, 0.29) is 17.6 Å². The van der Waals surface area contributed by atoms with Crippen LogP contribution in [0.5, 0.6) is 5.75 Å². The molecule has 0 atom stereocenters. The van der Waals surface area contributed by atoms with Gasteiger partial charge < -0.3 is 15.4 Å². The first-order valence-electron chi connectivity index (χ1n) is 6.77. The van der Waals surface area contributed by atoms with Gasteiger partial charge in [-0.15, -0.1) is 13.2 Å². The molecule has 0 aromatic heterocycles. The highest BCUT2D eigenvalue weighted by atomic mass is 19.4. The van der Waals surface area contributed by atoms with E-state index in [2.05, 4.69) is 15.4 Å². The summed E-state index contributed by atoms with van der Waals surface area (Å²) in [7, 11) is 0. The van der Waals surface area contributed by atoms with Crippen molar-refractivity contribution in [3.8, 4) is 5.75 Å². The fourth-order valence-corrected chi connectivity index (χ4v) is 1.85. The van der Waals surface area contributed by atoms with Crippen LogP contribution in [0.1, 0.15) is 18.4 Å². The molecule has 0 aliphatic heterocycles. The van der Waals surface area contributed by atoms with Crippen LogP contribution in [-0.4, -0.2) is 25.4 Å². The van der Waals surface area contributed by atoms with E-state index in [1.165, 1.54) is 18.2 Å². The SMILES string of the molecule is O=C(NCCNCc1cccc(OC(F)(F)F)c1)C1CC1. The lowest BCUT2D eigenvalue weighted by Crippen LogP contribution is -2.32. The summed E-state index contributed by atoms with van der Waals surface area (Å²) < 4.78 is 40.1. The molecule has 0 saturated heterocycles. The second-order valence-corrected chi connectivity index (χ2v) is 4.94. The van der Waals surface area contributed by atoms with Crippen molar-refractivity contribution < 1.29 is 22.7 Å². The molecule has 1 aromatic rings. The van der Waals surface area contributed by atoms with Crippen LogP contribution in [0.2, 0.25) is 0 Å². The first-order chi connectivity index (χ1) is 9.94. The Morgan fingerprint density at radius 1 is 1.29 bits per heavy atom. The quantitative estimate of drug-likeness (QED) is 0.759. The minimum atomic E-state index is -4.68. The Morgan fingerprint density at radius 3 is 2.71 bits per heavy atom. The van der Waals surface area contributed by atoms with Gasteiger partial charge in [0.1, 0.15) is 5.75 Å². The van der Waals surface area contributed by atoms with Crippen molar-refractivity contribution in [2.24, 2.45) is 5.92 Å². The zero-order chi connectivity index (χ0) is 15.3. The Labute approximate surface area is 120 Å². The molecule has 1 amide bonds. The topological polar surface area (TPSA) is 50.4 Å². The molecule has 1 aliphatic rings. The molecule has 0 spiro atoms. The summed E-state index contributed by atoms with van der Waals surface area (Å²) in [5.74, 6) is 0.0300. The number of hydrogen-bond donors (Lipinski definition) is 2. The summed E-state index contributed by atoms with van der Waals surface area (Å²) in [6.07, 6.45) is -2.75. The van der Waals surface area contributed by atoms with Crippen LogP contribution >= 0.6 is 0 Å². The van der Waals surface area contributed by atoms with E-state index in [4.69, 9.17) is 0 Å². The number of carbonyl (C=O) groups excluding carboxylic acids is 1. The summed E-state index contributed by atoms with van der Waals surface area (Å²) in [6, 6.07) is 5.81. The van der Waals surface area contributed by atoms with Crippen LogP contribution in [0, 0.1) is 5.92 Å². The lowest BCUT2D eigenvalue weighted by Gasteiger charge is -2.10. The number of carbonyl (C=O) groups is 1. The molecule has 0 heterocycles. The smallest absolute Gasteiger partial charge is 0.406 e. The largest absolute Gasteiger partial charge is 0.573 e. The van der Waals surface area contributed by atoms with Gasteiger partial charge >= 0.3 is 6.36 Å².